The lowest BCUT2D eigenvalue weighted by Gasteiger charge is -2.11. The van der Waals surface area contributed by atoms with Gasteiger partial charge in [0.05, 0.1) is 24.1 Å². The van der Waals surface area contributed by atoms with Gasteiger partial charge in [-0.25, -0.2) is 4.98 Å². The Bertz CT molecular complexity index is 1560. The van der Waals surface area contributed by atoms with E-state index >= 15 is 0 Å². The zero-order valence-electron chi connectivity index (χ0n) is 25.3. The van der Waals surface area contributed by atoms with E-state index in [4.69, 9.17) is 9.72 Å². The quantitative estimate of drug-likeness (QED) is 0.121. The summed E-state index contributed by atoms with van der Waals surface area (Å²) in [7, 11) is 0. The summed E-state index contributed by atoms with van der Waals surface area (Å²) in [5.74, 6) is 2.18. The van der Waals surface area contributed by atoms with Crippen molar-refractivity contribution in [3.63, 3.8) is 0 Å². The maximum atomic E-state index is 12.5. The van der Waals surface area contributed by atoms with Gasteiger partial charge in [0.2, 0.25) is 5.91 Å². The Hall–Kier alpha value is -4.38. The maximum Gasteiger partial charge on any atom is 0.224 e. The first-order valence-electron chi connectivity index (χ1n) is 15.8. The molecule has 1 heterocycles. The largest absolute Gasteiger partial charge is 0.494 e. The Morgan fingerprint density at radius 3 is 2.26 bits per heavy atom. The summed E-state index contributed by atoms with van der Waals surface area (Å²) in [5.41, 5.74) is 6.99. The minimum Gasteiger partial charge on any atom is -0.494 e. The van der Waals surface area contributed by atoms with Crippen LogP contribution in [0.25, 0.3) is 22.2 Å². The molecule has 0 saturated heterocycles. The molecule has 0 aliphatic carbocycles. The Morgan fingerprint density at radius 1 is 0.744 bits per heavy atom. The lowest BCUT2D eigenvalue weighted by atomic mass is 10.0. The number of hydrogen-bond acceptors (Lipinski definition) is 3. The first-order valence-corrected chi connectivity index (χ1v) is 15.8. The van der Waals surface area contributed by atoms with E-state index in [9.17, 15) is 4.79 Å². The van der Waals surface area contributed by atoms with Gasteiger partial charge in [-0.3, -0.25) is 4.79 Å². The third-order valence-corrected chi connectivity index (χ3v) is 7.94. The number of aryl methyl sites for hydroxylation is 3. The first kappa shape index (κ1) is 30.1. The van der Waals surface area contributed by atoms with Crippen LogP contribution in [0.5, 0.6) is 5.75 Å². The van der Waals surface area contributed by atoms with Crippen molar-refractivity contribution >= 4 is 16.9 Å². The molecule has 1 aromatic heterocycles. The smallest absolute Gasteiger partial charge is 0.224 e. The van der Waals surface area contributed by atoms with Gasteiger partial charge in [-0.05, 0) is 78.6 Å². The number of ether oxygens (including phenoxy) is 1. The fourth-order valence-corrected chi connectivity index (χ4v) is 5.46. The van der Waals surface area contributed by atoms with Crippen molar-refractivity contribution in [1.82, 2.24) is 14.9 Å². The molecule has 0 atom stereocenters. The van der Waals surface area contributed by atoms with Crippen LogP contribution < -0.4 is 10.1 Å². The average Bonchev–Trinajstić information content (AvgIpc) is 3.40. The lowest BCUT2D eigenvalue weighted by Crippen LogP contribution is -2.26. The molecular weight excluding hydrogens is 530 g/mol. The average molecular weight is 574 g/mol. The second kappa shape index (κ2) is 15.7. The molecule has 5 heteroatoms. The van der Waals surface area contributed by atoms with E-state index in [1.807, 2.05) is 30.3 Å². The van der Waals surface area contributed by atoms with Gasteiger partial charge in [0.25, 0.3) is 0 Å². The van der Waals surface area contributed by atoms with Crippen LogP contribution in [0.1, 0.15) is 56.0 Å². The molecule has 1 amide bonds. The number of nitrogens with one attached hydrogen (secondary N) is 1. The van der Waals surface area contributed by atoms with Gasteiger partial charge in [0.15, 0.2) is 0 Å². The van der Waals surface area contributed by atoms with Gasteiger partial charge < -0.3 is 14.6 Å². The number of hydrogen-bond donors (Lipinski definition) is 1. The van der Waals surface area contributed by atoms with Crippen LogP contribution in [0, 0.1) is 0 Å². The predicted octanol–water partition coefficient (Wildman–Crippen LogP) is 8.20. The number of aromatic nitrogens is 2. The number of nitrogens with zero attached hydrogens (tertiary/aromatic N) is 2. The third kappa shape index (κ3) is 8.81. The van der Waals surface area contributed by atoms with E-state index in [0.29, 0.717) is 13.0 Å². The highest BCUT2D eigenvalue weighted by atomic mass is 16.5. The standard InChI is InChI=1S/C38H43N3O2/c1-2-30-20-24-34(25-21-30)43-28-12-11-27-41-36-16-9-8-15-35(36)40-37(41)17-7-4-10-26-39-38(42)29-31-18-22-33(23-19-31)32-13-5-3-6-14-32/h3,5-6,8-9,13-16,18-25H,2,4,7,10-12,17,26-29H2,1H3,(H,39,42). The van der Waals surface area contributed by atoms with E-state index in [1.54, 1.807) is 0 Å². The molecule has 5 rings (SSSR count). The van der Waals surface area contributed by atoms with Crippen LogP contribution in [0.4, 0.5) is 0 Å². The van der Waals surface area contributed by atoms with Crippen LogP contribution >= 0.6 is 0 Å². The zero-order valence-corrected chi connectivity index (χ0v) is 25.3. The normalized spacial score (nSPS) is 11.1. The number of unbranched alkanes of at least 4 members (excludes halogenated alkanes) is 3. The van der Waals surface area contributed by atoms with E-state index in [0.717, 1.165) is 80.8 Å². The molecule has 5 aromatic rings. The second-order valence-electron chi connectivity index (χ2n) is 11.1. The highest BCUT2D eigenvalue weighted by Crippen LogP contribution is 2.21. The number of rotatable bonds is 16. The molecule has 222 valence electrons. The summed E-state index contributed by atoms with van der Waals surface area (Å²) >= 11 is 0. The Labute approximate surface area is 255 Å². The number of carbonyl (C=O) groups excluding carboxylic acids is 1. The van der Waals surface area contributed by atoms with Gasteiger partial charge in [-0.1, -0.05) is 92.2 Å². The number of imidazole rings is 1. The van der Waals surface area contributed by atoms with Crippen molar-refractivity contribution in [1.29, 1.82) is 0 Å². The van der Waals surface area contributed by atoms with Gasteiger partial charge in [0, 0.05) is 19.5 Å². The molecule has 0 bridgehead atoms. The first-order chi connectivity index (χ1) is 21.2. The zero-order chi connectivity index (χ0) is 29.7. The summed E-state index contributed by atoms with van der Waals surface area (Å²) in [4.78, 5) is 17.4. The molecule has 0 unspecified atom stereocenters. The molecule has 0 fully saturated rings. The van der Waals surface area contributed by atoms with Crippen LogP contribution in [0.15, 0.2) is 103 Å². The Balaban J connectivity index is 1.01. The molecule has 0 saturated carbocycles. The van der Waals surface area contributed by atoms with Crippen LogP contribution in [0.3, 0.4) is 0 Å². The molecule has 43 heavy (non-hydrogen) atoms. The van der Waals surface area contributed by atoms with Gasteiger partial charge in [-0.2, -0.15) is 0 Å². The number of carbonyl (C=O) groups is 1. The highest BCUT2D eigenvalue weighted by molar-refractivity contribution is 5.79. The summed E-state index contributed by atoms with van der Waals surface area (Å²) < 4.78 is 8.35. The predicted molar refractivity (Wildman–Crippen MR) is 176 cm³/mol. The topological polar surface area (TPSA) is 56.1 Å². The molecule has 0 spiro atoms. The summed E-state index contributed by atoms with van der Waals surface area (Å²) in [6.45, 7) is 4.53. The molecule has 1 N–H and O–H groups in total. The highest BCUT2D eigenvalue weighted by Gasteiger charge is 2.10. The van der Waals surface area contributed by atoms with Crippen molar-refractivity contribution < 1.29 is 9.53 Å². The number of para-hydroxylation sites is 2. The summed E-state index contributed by atoms with van der Waals surface area (Å²) in [6.07, 6.45) is 7.52. The maximum absolute atomic E-state index is 12.5. The van der Waals surface area contributed by atoms with Crippen molar-refractivity contribution in [3.8, 4) is 16.9 Å². The molecule has 5 nitrogen and oxygen atoms in total. The number of fused-ring (bicyclic) bond motifs is 1. The summed E-state index contributed by atoms with van der Waals surface area (Å²) in [6, 6.07) is 35.4. The third-order valence-electron chi connectivity index (χ3n) is 7.94. The van der Waals surface area contributed by atoms with Crippen molar-refractivity contribution in [2.45, 2.75) is 64.8 Å². The molecule has 0 radical (unpaired) electrons. The fourth-order valence-electron chi connectivity index (χ4n) is 5.46. The van der Waals surface area contributed by atoms with Crippen molar-refractivity contribution in [3.05, 3.63) is 120 Å². The van der Waals surface area contributed by atoms with Crippen molar-refractivity contribution in [2.75, 3.05) is 13.2 Å². The molecule has 4 aromatic carbocycles. The summed E-state index contributed by atoms with van der Waals surface area (Å²) in [5, 5.41) is 3.09. The monoisotopic (exact) mass is 573 g/mol. The number of amides is 1. The fraction of sp³-hybridized carbons (Fsp3) is 0.316. The lowest BCUT2D eigenvalue weighted by molar-refractivity contribution is -0.120. The minimum atomic E-state index is 0.0798. The van der Waals surface area contributed by atoms with Crippen molar-refractivity contribution in [2.24, 2.45) is 0 Å². The van der Waals surface area contributed by atoms with Crippen LogP contribution in [-0.2, 0) is 30.6 Å². The second-order valence-corrected chi connectivity index (χ2v) is 11.1. The molecule has 0 aliphatic heterocycles. The minimum absolute atomic E-state index is 0.0798. The van der Waals surface area contributed by atoms with E-state index in [1.165, 1.54) is 22.2 Å². The van der Waals surface area contributed by atoms with Gasteiger partial charge in [0.1, 0.15) is 11.6 Å². The van der Waals surface area contributed by atoms with E-state index < -0.39 is 0 Å². The van der Waals surface area contributed by atoms with Gasteiger partial charge >= 0.3 is 0 Å². The Kier molecular flexibility index (Phi) is 11.0. The van der Waals surface area contributed by atoms with Crippen LogP contribution in [-0.4, -0.2) is 28.6 Å². The van der Waals surface area contributed by atoms with E-state index in [-0.39, 0.29) is 5.91 Å². The number of benzene rings is 4. The molecule has 0 aliphatic rings. The van der Waals surface area contributed by atoms with Gasteiger partial charge in [-0.15, -0.1) is 0 Å². The van der Waals surface area contributed by atoms with E-state index in [2.05, 4.69) is 89.6 Å². The van der Waals surface area contributed by atoms with Crippen LogP contribution in [0.2, 0.25) is 0 Å². The Morgan fingerprint density at radius 2 is 1.47 bits per heavy atom. The molecular formula is C38H43N3O2. The SMILES string of the molecule is CCc1ccc(OCCCCn2c(CCCCCNC(=O)Cc3ccc(-c4ccccc4)cc3)nc3ccccc32)cc1.